The summed E-state index contributed by atoms with van der Waals surface area (Å²) in [4.78, 5) is 32.4. The maximum absolute atomic E-state index is 13.3. The molecule has 3 aliphatic rings. The van der Waals surface area contributed by atoms with Gasteiger partial charge >= 0.3 is 5.97 Å². The monoisotopic (exact) mass is 702 g/mol. The van der Waals surface area contributed by atoms with Crippen molar-refractivity contribution in [3.8, 4) is 0 Å². The third kappa shape index (κ3) is 7.52. The Morgan fingerprint density at radius 3 is 2.24 bits per heavy atom. The number of benzene rings is 1. The molecular weight excluding hydrogens is 668 g/mol. The van der Waals surface area contributed by atoms with Gasteiger partial charge in [0.15, 0.2) is 0 Å². The molecule has 218 valence electrons. The minimum Gasteiger partial charge on any atom is -0.457 e. The number of aryl methyl sites for hydroxylation is 2. The number of aromatic nitrogens is 1. The molecule has 0 spiro atoms. The quantitative estimate of drug-likeness (QED) is 0.238. The van der Waals surface area contributed by atoms with Crippen LogP contribution in [0.4, 0.5) is 0 Å². The largest absolute Gasteiger partial charge is 0.457 e. The number of piperidine rings is 1. The van der Waals surface area contributed by atoms with Crippen molar-refractivity contribution in [3.05, 3.63) is 84.0 Å². The lowest BCUT2D eigenvalue weighted by atomic mass is 9.76. The molecule has 1 saturated carbocycles. The third-order valence-corrected chi connectivity index (χ3v) is 9.64. The van der Waals surface area contributed by atoms with Crippen molar-refractivity contribution in [3.63, 3.8) is 0 Å². The number of ether oxygens (including phenoxy) is 1. The zero-order valence-corrected chi connectivity index (χ0v) is 27.9. The highest BCUT2D eigenvalue weighted by Gasteiger charge is 2.36. The molecule has 1 saturated heterocycles. The van der Waals surface area contributed by atoms with Gasteiger partial charge in [-0.1, -0.05) is 38.7 Å². The molecule has 0 bridgehead atoms. The number of carbonyl (C=O) groups excluding carboxylic acids is 2. The number of rotatable bonds is 3. The topological polar surface area (TPSA) is 59.5 Å². The van der Waals surface area contributed by atoms with Gasteiger partial charge in [-0.05, 0) is 129 Å². The number of hydrogen-bond donors (Lipinski definition) is 0. The van der Waals surface area contributed by atoms with Crippen molar-refractivity contribution in [2.24, 2.45) is 5.92 Å². The Morgan fingerprint density at radius 2 is 1.59 bits per heavy atom. The van der Waals surface area contributed by atoms with E-state index in [-0.39, 0.29) is 17.8 Å². The number of carbonyl (C=O) groups is 2. The average molecular weight is 705 g/mol. The van der Waals surface area contributed by atoms with E-state index in [1.165, 1.54) is 22.3 Å². The highest BCUT2D eigenvalue weighted by atomic mass is 79.9. The summed E-state index contributed by atoms with van der Waals surface area (Å²) >= 11 is 13.9. The molecular formula is C33H37Br2ClN2O3. The number of hydrogen-bond acceptors (Lipinski definition) is 4. The van der Waals surface area contributed by atoms with Crippen molar-refractivity contribution in [1.82, 2.24) is 9.88 Å². The fraction of sp³-hybridized carbons (Fsp3) is 0.485. The van der Waals surface area contributed by atoms with Crippen LogP contribution >= 0.6 is 43.5 Å². The molecule has 41 heavy (non-hydrogen) atoms. The zero-order chi connectivity index (χ0) is 29.3. The van der Waals surface area contributed by atoms with Crippen LogP contribution in [0, 0.1) is 5.92 Å². The first-order valence-corrected chi connectivity index (χ1v) is 16.5. The first kappa shape index (κ1) is 30.5. The third-order valence-electron chi connectivity index (χ3n) is 8.33. The molecule has 5 rings (SSSR count). The summed E-state index contributed by atoms with van der Waals surface area (Å²) in [6.07, 6.45) is 12.3. The second kappa shape index (κ2) is 12.7. The predicted octanol–water partition coefficient (Wildman–Crippen LogP) is 8.50. The molecule has 8 heteroatoms. The summed E-state index contributed by atoms with van der Waals surface area (Å²) in [5.74, 6) is 0.362. The normalized spacial score (nSPS) is 19.7. The highest BCUT2D eigenvalue weighted by Crippen LogP contribution is 2.46. The number of pyridine rings is 1. The Labute approximate surface area is 265 Å². The second-order valence-corrected chi connectivity index (χ2v) is 14.6. The van der Waals surface area contributed by atoms with E-state index >= 15 is 0 Å². The molecule has 2 heterocycles. The van der Waals surface area contributed by atoms with Crippen LogP contribution < -0.4 is 0 Å². The molecule has 2 aromatic rings. The van der Waals surface area contributed by atoms with Crippen molar-refractivity contribution >= 4 is 55.3 Å². The number of allylic oxidation sites excluding steroid dienone is 2. The van der Waals surface area contributed by atoms with Crippen LogP contribution in [-0.2, 0) is 27.2 Å². The summed E-state index contributed by atoms with van der Waals surface area (Å²) in [6, 6.07) is 6.32. The molecule has 0 unspecified atom stereocenters. The Hall–Kier alpha value is -1.96. The van der Waals surface area contributed by atoms with E-state index in [0.717, 1.165) is 89.7 Å². The Morgan fingerprint density at radius 1 is 0.951 bits per heavy atom. The molecule has 1 atom stereocenters. The lowest BCUT2D eigenvalue weighted by Gasteiger charge is -2.37. The molecule has 2 aliphatic carbocycles. The van der Waals surface area contributed by atoms with Crippen LogP contribution in [-0.4, -0.2) is 40.5 Å². The first-order valence-electron chi connectivity index (χ1n) is 14.5. The molecule has 5 nitrogen and oxygen atoms in total. The zero-order valence-electron chi connectivity index (χ0n) is 23.9. The van der Waals surface area contributed by atoms with Crippen molar-refractivity contribution in [2.45, 2.75) is 83.7 Å². The van der Waals surface area contributed by atoms with E-state index in [1.807, 2.05) is 44.0 Å². The van der Waals surface area contributed by atoms with Crippen LogP contribution in [0.25, 0.3) is 0 Å². The summed E-state index contributed by atoms with van der Waals surface area (Å²) in [5, 5.41) is 0.748. The van der Waals surface area contributed by atoms with E-state index in [1.54, 1.807) is 6.08 Å². The molecule has 2 fully saturated rings. The number of esters is 1. The second-order valence-electron chi connectivity index (χ2n) is 12.4. The minimum atomic E-state index is -0.491. The molecule has 1 aromatic heterocycles. The Kier molecular flexibility index (Phi) is 9.47. The predicted molar refractivity (Wildman–Crippen MR) is 170 cm³/mol. The molecule has 0 N–H and O–H groups in total. The number of likely N-dealkylation sites (tertiary alicyclic amines) is 1. The van der Waals surface area contributed by atoms with E-state index in [0.29, 0.717) is 5.92 Å². The van der Waals surface area contributed by atoms with E-state index in [2.05, 4.69) is 44.0 Å². The number of fused-ring (bicyclic) bond motifs is 2. The average Bonchev–Trinajstić information content (AvgIpc) is 3.05. The van der Waals surface area contributed by atoms with Crippen LogP contribution in [0.5, 0.6) is 0 Å². The van der Waals surface area contributed by atoms with Crippen LogP contribution in [0.15, 0.2) is 56.6 Å². The number of amides is 1. The van der Waals surface area contributed by atoms with E-state index in [9.17, 15) is 9.59 Å². The van der Waals surface area contributed by atoms with Gasteiger partial charge in [-0.3, -0.25) is 9.78 Å². The van der Waals surface area contributed by atoms with Crippen molar-refractivity contribution < 1.29 is 14.3 Å². The van der Waals surface area contributed by atoms with Gasteiger partial charge in [-0.25, -0.2) is 4.79 Å². The smallest absolute Gasteiger partial charge is 0.331 e. The molecule has 1 aromatic carbocycles. The summed E-state index contributed by atoms with van der Waals surface area (Å²) in [5.41, 5.74) is 6.79. The van der Waals surface area contributed by atoms with Gasteiger partial charge in [0.25, 0.3) is 0 Å². The van der Waals surface area contributed by atoms with Gasteiger partial charge in [-0.15, -0.1) is 0 Å². The fourth-order valence-electron chi connectivity index (χ4n) is 6.43. The van der Waals surface area contributed by atoms with E-state index < -0.39 is 5.60 Å². The van der Waals surface area contributed by atoms with Gasteiger partial charge < -0.3 is 9.64 Å². The fourth-order valence-corrected chi connectivity index (χ4v) is 7.93. The van der Waals surface area contributed by atoms with Gasteiger partial charge in [0.1, 0.15) is 5.60 Å². The summed E-state index contributed by atoms with van der Waals surface area (Å²) < 4.78 is 7.47. The lowest BCUT2D eigenvalue weighted by molar-refractivity contribution is -0.148. The van der Waals surface area contributed by atoms with E-state index in [4.69, 9.17) is 21.3 Å². The maximum atomic E-state index is 13.3. The molecule has 1 amide bonds. The minimum absolute atomic E-state index is 0.106. The van der Waals surface area contributed by atoms with Crippen LogP contribution in [0.2, 0.25) is 5.02 Å². The van der Waals surface area contributed by atoms with Crippen molar-refractivity contribution in [1.29, 1.82) is 0 Å². The van der Waals surface area contributed by atoms with Gasteiger partial charge in [-0.2, -0.15) is 0 Å². The van der Waals surface area contributed by atoms with Gasteiger partial charge in [0, 0.05) is 51.3 Å². The maximum Gasteiger partial charge on any atom is 0.331 e. The summed E-state index contributed by atoms with van der Waals surface area (Å²) in [6.45, 7) is 7.09. The van der Waals surface area contributed by atoms with Crippen LogP contribution in [0.1, 0.15) is 87.6 Å². The molecule has 0 radical (unpaired) electrons. The Balaban J connectivity index is 1.26. The van der Waals surface area contributed by atoms with Crippen LogP contribution in [0.3, 0.4) is 0 Å². The standard InChI is InChI=1S/C33H37Br2ClN2O3/c1-33(2,3)41-29(40)15-21-6-4-20(5-7-21)14-28(39)38-12-10-22(11-13-38)31-30-23(17-26(36)18-27(30)35)8-9-24-16-25(34)19-37-32(24)31/h14-19,22,31H,4-13H2,1-3H3/t31-/m1/s1. The Bertz CT molecular complexity index is 1390. The lowest BCUT2D eigenvalue weighted by Crippen LogP contribution is -2.39. The number of nitrogens with zero attached hydrogens (tertiary/aromatic N) is 2. The SMILES string of the molecule is CC(C)(C)OC(=O)C=C1CCC(=CC(=O)N2CCC([C@H]3c4ncc(Br)cc4CCc4cc(Cl)cc(Br)c43)CC2)CC1. The highest BCUT2D eigenvalue weighted by molar-refractivity contribution is 9.10. The van der Waals surface area contributed by atoms with Gasteiger partial charge in [0.05, 0.1) is 5.69 Å². The van der Waals surface area contributed by atoms with Crippen molar-refractivity contribution in [2.75, 3.05) is 13.1 Å². The first-order chi connectivity index (χ1) is 19.5. The summed E-state index contributed by atoms with van der Waals surface area (Å²) in [7, 11) is 0. The van der Waals surface area contributed by atoms with Gasteiger partial charge in [0.2, 0.25) is 5.91 Å². The number of halogens is 3. The molecule has 1 aliphatic heterocycles.